The van der Waals surface area contributed by atoms with Crippen molar-refractivity contribution in [1.82, 2.24) is 0 Å². The maximum Gasteiger partial charge on any atom is 0.312 e. The van der Waals surface area contributed by atoms with Crippen molar-refractivity contribution in [2.24, 2.45) is 10.8 Å². The lowest BCUT2D eigenvalue weighted by atomic mass is 9.70. The molecule has 2 atom stereocenters. The van der Waals surface area contributed by atoms with Gasteiger partial charge in [0.05, 0.1) is 5.41 Å². The maximum absolute atomic E-state index is 11.8. The van der Waals surface area contributed by atoms with Gasteiger partial charge in [-0.15, -0.1) is 0 Å². The van der Waals surface area contributed by atoms with Crippen LogP contribution in [-0.2, 0) is 9.53 Å². The van der Waals surface area contributed by atoms with E-state index < -0.39 is 0 Å². The molecule has 1 heterocycles. The minimum absolute atomic E-state index is 0.00951. The summed E-state index contributed by atoms with van der Waals surface area (Å²) in [6.07, 6.45) is 1.69. The first-order chi connectivity index (χ1) is 6.15. The number of carbonyl (C=O) groups is 1. The minimum Gasteiger partial charge on any atom is -0.458 e. The third-order valence-electron chi connectivity index (χ3n) is 3.91. The molecule has 1 aliphatic rings. The number of rotatable bonds is 1. The number of cyclic esters (lactones) is 1. The molecule has 2 heteroatoms. The van der Waals surface area contributed by atoms with Crippen molar-refractivity contribution >= 4 is 5.97 Å². The number of esters is 1. The SMILES string of the molecule is CCC1(C)CC(C)(C(C)(C)C)OC1=O. The Hall–Kier alpha value is -0.530. The van der Waals surface area contributed by atoms with Crippen LogP contribution in [0.15, 0.2) is 0 Å². The Morgan fingerprint density at radius 1 is 1.36 bits per heavy atom. The lowest BCUT2D eigenvalue weighted by Crippen LogP contribution is -2.39. The Morgan fingerprint density at radius 3 is 2.07 bits per heavy atom. The van der Waals surface area contributed by atoms with Crippen molar-refractivity contribution in [3.8, 4) is 0 Å². The Bertz CT molecular complexity index is 252. The molecule has 0 saturated carbocycles. The molecule has 0 N–H and O–H groups in total. The van der Waals surface area contributed by atoms with Crippen LogP contribution in [0.2, 0.25) is 0 Å². The summed E-state index contributed by atoms with van der Waals surface area (Å²) in [4.78, 5) is 11.8. The smallest absolute Gasteiger partial charge is 0.312 e. The molecule has 1 aliphatic heterocycles. The van der Waals surface area contributed by atoms with Gasteiger partial charge >= 0.3 is 5.97 Å². The second-order valence-electron chi connectivity index (χ2n) is 5.96. The fourth-order valence-corrected chi connectivity index (χ4v) is 1.87. The van der Waals surface area contributed by atoms with Crippen LogP contribution in [0.4, 0.5) is 0 Å². The fraction of sp³-hybridized carbons (Fsp3) is 0.917. The Labute approximate surface area is 87.0 Å². The topological polar surface area (TPSA) is 26.3 Å². The van der Waals surface area contributed by atoms with Gasteiger partial charge in [0.2, 0.25) is 0 Å². The zero-order chi connectivity index (χ0) is 11.2. The van der Waals surface area contributed by atoms with Crippen molar-refractivity contribution in [3.63, 3.8) is 0 Å². The molecule has 82 valence electrons. The molecule has 2 unspecified atom stereocenters. The Balaban J connectivity index is 2.97. The summed E-state index contributed by atoms with van der Waals surface area (Å²) < 4.78 is 5.58. The quantitative estimate of drug-likeness (QED) is 0.605. The van der Waals surface area contributed by atoms with Gasteiger partial charge in [-0.05, 0) is 20.3 Å². The van der Waals surface area contributed by atoms with Crippen molar-refractivity contribution in [1.29, 1.82) is 0 Å². The second-order valence-corrected chi connectivity index (χ2v) is 5.96. The van der Waals surface area contributed by atoms with E-state index in [1.54, 1.807) is 0 Å². The summed E-state index contributed by atoms with van der Waals surface area (Å²) in [7, 11) is 0. The van der Waals surface area contributed by atoms with Gasteiger partial charge in [-0.25, -0.2) is 0 Å². The Kier molecular flexibility index (Phi) is 2.46. The van der Waals surface area contributed by atoms with E-state index >= 15 is 0 Å². The molecular weight excluding hydrogens is 176 g/mol. The van der Waals surface area contributed by atoms with E-state index in [2.05, 4.69) is 27.7 Å². The minimum atomic E-state index is -0.311. The molecule has 0 aromatic carbocycles. The van der Waals surface area contributed by atoms with Crippen LogP contribution in [0.25, 0.3) is 0 Å². The number of hydrogen-bond donors (Lipinski definition) is 0. The maximum atomic E-state index is 11.8. The van der Waals surface area contributed by atoms with Crippen LogP contribution in [0.1, 0.15) is 54.4 Å². The lowest BCUT2D eigenvalue weighted by molar-refractivity contribution is -0.159. The first-order valence-electron chi connectivity index (χ1n) is 5.38. The molecule has 0 aromatic rings. The zero-order valence-corrected chi connectivity index (χ0v) is 10.2. The Morgan fingerprint density at radius 2 is 1.86 bits per heavy atom. The van der Waals surface area contributed by atoms with E-state index in [0.29, 0.717) is 0 Å². The predicted octanol–water partition coefficient (Wildman–Crippen LogP) is 3.15. The highest BCUT2D eigenvalue weighted by Crippen LogP contribution is 2.50. The normalized spacial score (nSPS) is 38.6. The van der Waals surface area contributed by atoms with Crippen molar-refractivity contribution in [2.75, 3.05) is 0 Å². The summed E-state index contributed by atoms with van der Waals surface area (Å²) in [5, 5.41) is 0. The van der Waals surface area contributed by atoms with E-state index in [1.165, 1.54) is 0 Å². The van der Waals surface area contributed by atoms with Crippen LogP contribution in [0.3, 0.4) is 0 Å². The largest absolute Gasteiger partial charge is 0.458 e. The lowest BCUT2D eigenvalue weighted by Gasteiger charge is -2.37. The van der Waals surface area contributed by atoms with Crippen LogP contribution in [0, 0.1) is 10.8 Å². The first kappa shape index (κ1) is 11.5. The van der Waals surface area contributed by atoms with Gasteiger partial charge < -0.3 is 4.74 Å². The number of ether oxygens (including phenoxy) is 1. The van der Waals surface area contributed by atoms with Crippen LogP contribution < -0.4 is 0 Å². The van der Waals surface area contributed by atoms with Gasteiger partial charge in [0.25, 0.3) is 0 Å². The predicted molar refractivity (Wildman–Crippen MR) is 57.0 cm³/mol. The molecule has 1 rings (SSSR count). The third-order valence-corrected chi connectivity index (χ3v) is 3.91. The van der Waals surface area contributed by atoms with Crippen LogP contribution in [-0.4, -0.2) is 11.6 Å². The molecule has 0 amide bonds. The highest BCUT2D eigenvalue weighted by Gasteiger charge is 2.55. The zero-order valence-electron chi connectivity index (χ0n) is 10.2. The van der Waals surface area contributed by atoms with E-state index in [1.807, 2.05) is 13.8 Å². The van der Waals surface area contributed by atoms with E-state index in [0.717, 1.165) is 12.8 Å². The molecule has 2 nitrogen and oxygen atoms in total. The van der Waals surface area contributed by atoms with Gasteiger partial charge in [-0.2, -0.15) is 0 Å². The van der Waals surface area contributed by atoms with Gasteiger partial charge in [-0.1, -0.05) is 27.7 Å². The standard InChI is InChI=1S/C12H22O2/c1-7-11(5)8-12(6,10(2,3)4)14-9(11)13/h7-8H2,1-6H3. The molecule has 14 heavy (non-hydrogen) atoms. The van der Waals surface area contributed by atoms with Gasteiger partial charge in [0.1, 0.15) is 5.60 Å². The van der Waals surface area contributed by atoms with Crippen LogP contribution >= 0.6 is 0 Å². The molecule has 0 bridgehead atoms. The first-order valence-corrected chi connectivity index (χ1v) is 5.38. The average Bonchev–Trinajstić information content (AvgIpc) is 2.24. The second kappa shape index (κ2) is 2.98. The molecule has 0 aromatic heterocycles. The molecule has 0 aliphatic carbocycles. The number of carbonyl (C=O) groups excluding carboxylic acids is 1. The summed E-state index contributed by atoms with van der Waals surface area (Å²) in [6.45, 7) is 12.5. The van der Waals surface area contributed by atoms with E-state index in [9.17, 15) is 4.79 Å². The summed E-state index contributed by atoms with van der Waals surface area (Å²) in [6, 6.07) is 0. The van der Waals surface area contributed by atoms with Crippen LogP contribution in [0.5, 0.6) is 0 Å². The molecule has 1 saturated heterocycles. The van der Waals surface area contributed by atoms with Crippen molar-refractivity contribution < 1.29 is 9.53 Å². The molecule has 1 fully saturated rings. The highest BCUT2D eigenvalue weighted by molar-refractivity contribution is 5.79. The number of hydrogen-bond acceptors (Lipinski definition) is 2. The summed E-state index contributed by atoms with van der Waals surface area (Å²) in [5.41, 5.74) is -0.577. The van der Waals surface area contributed by atoms with Crippen molar-refractivity contribution in [2.45, 2.75) is 60.0 Å². The molecule has 0 radical (unpaired) electrons. The average molecular weight is 198 g/mol. The van der Waals surface area contributed by atoms with E-state index in [4.69, 9.17) is 4.74 Å². The fourth-order valence-electron chi connectivity index (χ4n) is 1.87. The van der Waals surface area contributed by atoms with Gasteiger partial charge in [0.15, 0.2) is 0 Å². The highest BCUT2D eigenvalue weighted by atomic mass is 16.6. The monoisotopic (exact) mass is 198 g/mol. The third kappa shape index (κ3) is 1.55. The van der Waals surface area contributed by atoms with Gasteiger partial charge in [-0.3, -0.25) is 4.79 Å². The molecule has 0 spiro atoms. The van der Waals surface area contributed by atoms with Crippen molar-refractivity contribution in [3.05, 3.63) is 0 Å². The van der Waals surface area contributed by atoms with Gasteiger partial charge in [0, 0.05) is 11.8 Å². The summed E-state index contributed by atoms with van der Waals surface area (Å²) in [5.74, 6) is -0.0302. The summed E-state index contributed by atoms with van der Waals surface area (Å²) >= 11 is 0. The van der Waals surface area contributed by atoms with E-state index in [-0.39, 0.29) is 22.4 Å². The molecular formula is C12H22O2.